The number of hydrogen-bond acceptors (Lipinski definition) is 6. The quantitative estimate of drug-likeness (QED) is 0.829. The predicted molar refractivity (Wildman–Crippen MR) is 91.8 cm³/mol. The van der Waals surface area contributed by atoms with Gasteiger partial charge in [0.05, 0.1) is 42.3 Å². The van der Waals surface area contributed by atoms with E-state index in [9.17, 15) is 0 Å². The SMILES string of the molecule is Cc1nc(CO[C@@H]2CC[C@H]3[C@H]2OCCN3Cc2cnn(C)c2)cs1. The number of rotatable bonds is 5. The second-order valence-corrected chi connectivity index (χ2v) is 7.74. The molecule has 0 unspecified atom stereocenters. The van der Waals surface area contributed by atoms with Gasteiger partial charge in [-0.3, -0.25) is 9.58 Å². The Hall–Kier alpha value is -1.28. The molecule has 1 saturated carbocycles. The molecule has 3 heterocycles. The molecule has 2 aromatic rings. The van der Waals surface area contributed by atoms with Gasteiger partial charge in [-0.25, -0.2) is 4.98 Å². The monoisotopic (exact) mass is 348 g/mol. The Morgan fingerprint density at radius 1 is 1.42 bits per heavy atom. The molecule has 2 fully saturated rings. The van der Waals surface area contributed by atoms with Crippen LogP contribution in [0, 0.1) is 6.92 Å². The molecular formula is C17H24N4O2S. The minimum atomic E-state index is 0.175. The summed E-state index contributed by atoms with van der Waals surface area (Å²) in [6.07, 6.45) is 6.59. The third kappa shape index (κ3) is 3.39. The van der Waals surface area contributed by atoms with E-state index >= 15 is 0 Å². The lowest BCUT2D eigenvalue weighted by Crippen LogP contribution is -2.51. The van der Waals surface area contributed by atoms with E-state index in [-0.39, 0.29) is 12.2 Å². The third-order valence-corrected chi connectivity index (χ3v) is 5.73. The van der Waals surface area contributed by atoms with Crippen molar-refractivity contribution in [2.45, 2.75) is 51.2 Å². The van der Waals surface area contributed by atoms with Crippen LogP contribution in [0.5, 0.6) is 0 Å². The standard InChI is InChI=1S/C17H24N4O2S/c1-12-19-14(11-24-12)10-23-16-4-3-15-17(16)22-6-5-21(15)9-13-7-18-20(2)8-13/h7-8,11,15-17H,3-6,9-10H2,1-2H3/t15-,16+,17+/m0/s1. The van der Waals surface area contributed by atoms with E-state index < -0.39 is 0 Å². The molecule has 3 atom stereocenters. The molecule has 130 valence electrons. The molecule has 2 aromatic heterocycles. The lowest BCUT2D eigenvalue weighted by atomic mass is 10.1. The number of aromatic nitrogens is 3. The highest BCUT2D eigenvalue weighted by atomic mass is 32.1. The Kier molecular flexibility index (Phi) is 4.67. The lowest BCUT2D eigenvalue weighted by Gasteiger charge is -2.38. The minimum Gasteiger partial charge on any atom is -0.373 e. The van der Waals surface area contributed by atoms with Gasteiger partial charge in [0.25, 0.3) is 0 Å². The second kappa shape index (κ2) is 6.92. The molecule has 1 aliphatic carbocycles. The third-order valence-electron chi connectivity index (χ3n) is 4.91. The van der Waals surface area contributed by atoms with E-state index in [2.05, 4.69) is 26.6 Å². The van der Waals surface area contributed by atoms with E-state index in [0.29, 0.717) is 12.6 Å². The Labute approximate surface area is 146 Å². The van der Waals surface area contributed by atoms with Gasteiger partial charge in [0.15, 0.2) is 0 Å². The van der Waals surface area contributed by atoms with Crippen LogP contribution in [0.4, 0.5) is 0 Å². The van der Waals surface area contributed by atoms with Crippen molar-refractivity contribution >= 4 is 11.3 Å². The lowest BCUT2D eigenvalue weighted by molar-refractivity contribution is -0.119. The number of hydrogen-bond donors (Lipinski definition) is 0. The molecule has 0 N–H and O–H groups in total. The fourth-order valence-corrected chi connectivity index (χ4v) is 4.42. The molecule has 24 heavy (non-hydrogen) atoms. The predicted octanol–water partition coefficient (Wildman–Crippen LogP) is 2.13. The van der Waals surface area contributed by atoms with Gasteiger partial charge >= 0.3 is 0 Å². The normalized spacial score (nSPS) is 27.5. The van der Waals surface area contributed by atoms with Gasteiger partial charge in [0.2, 0.25) is 0 Å². The maximum Gasteiger partial charge on any atom is 0.0992 e. The van der Waals surface area contributed by atoms with Gasteiger partial charge in [-0.15, -0.1) is 11.3 Å². The Bertz CT molecular complexity index is 686. The summed E-state index contributed by atoms with van der Waals surface area (Å²) in [5.74, 6) is 0. The number of fused-ring (bicyclic) bond motifs is 1. The van der Waals surface area contributed by atoms with E-state index in [0.717, 1.165) is 43.2 Å². The summed E-state index contributed by atoms with van der Waals surface area (Å²) < 4.78 is 14.1. The maximum absolute atomic E-state index is 6.15. The average molecular weight is 348 g/mol. The summed E-state index contributed by atoms with van der Waals surface area (Å²) in [6.45, 7) is 5.31. The summed E-state index contributed by atoms with van der Waals surface area (Å²) in [6, 6.07) is 0.445. The van der Waals surface area contributed by atoms with Gasteiger partial charge in [-0.05, 0) is 19.8 Å². The summed E-state index contributed by atoms with van der Waals surface area (Å²) in [4.78, 5) is 7.01. The topological polar surface area (TPSA) is 52.4 Å². The van der Waals surface area contributed by atoms with Crippen molar-refractivity contribution in [3.63, 3.8) is 0 Å². The van der Waals surface area contributed by atoms with E-state index in [1.165, 1.54) is 5.56 Å². The van der Waals surface area contributed by atoms with Crippen molar-refractivity contribution in [3.05, 3.63) is 34.0 Å². The average Bonchev–Trinajstić information content (AvgIpc) is 3.27. The van der Waals surface area contributed by atoms with Crippen LogP contribution >= 0.6 is 11.3 Å². The van der Waals surface area contributed by atoms with Crippen LogP contribution in [0.25, 0.3) is 0 Å². The fraction of sp³-hybridized carbons (Fsp3) is 0.647. The highest BCUT2D eigenvalue weighted by molar-refractivity contribution is 7.09. The smallest absolute Gasteiger partial charge is 0.0992 e. The number of thiazole rings is 1. The van der Waals surface area contributed by atoms with Crippen molar-refractivity contribution in [1.29, 1.82) is 0 Å². The summed E-state index contributed by atoms with van der Waals surface area (Å²) in [5, 5.41) is 7.45. The van der Waals surface area contributed by atoms with Crippen LogP contribution in [0.15, 0.2) is 17.8 Å². The van der Waals surface area contributed by atoms with Crippen LogP contribution in [-0.2, 0) is 29.7 Å². The van der Waals surface area contributed by atoms with Gasteiger partial charge in [0, 0.05) is 43.3 Å². The number of morpholine rings is 1. The van der Waals surface area contributed by atoms with Crippen LogP contribution in [0.2, 0.25) is 0 Å². The van der Waals surface area contributed by atoms with Gasteiger partial charge in [-0.1, -0.05) is 0 Å². The molecule has 2 aliphatic rings. The zero-order valence-corrected chi connectivity index (χ0v) is 15.0. The summed E-state index contributed by atoms with van der Waals surface area (Å²) >= 11 is 1.67. The first kappa shape index (κ1) is 16.2. The highest BCUT2D eigenvalue weighted by Gasteiger charge is 2.43. The fourth-order valence-electron chi connectivity index (χ4n) is 3.82. The van der Waals surface area contributed by atoms with Crippen LogP contribution < -0.4 is 0 Å². The van der Waals surface area contributed by atoms with Crippen LogP contribution in [-0.4, -0.2) is 51.1 Å². The van der Waals surface area contributed by atoms with Gasteiger partial charge < -0.3 is 9.47 Å². The molecule has 4 rings (SSSR count). The first-order valence-electron chi connectivity index (χ1n) is 8.55. The Morgan fingerprint density at radius 3 is 3.08 bits per heavy atom. The molecule has 0 radical (unpaired) electrons. The molecule has 0 spiro atoms. The van der Waals surface area contributed by atoms with Gasteiger partial charge in [0.1, 0.15) is 0 Å². The first-order chi connectivity index (χ1) is 11.7. The Morgan fingerprint density at radius 2 is 2.33 bits per heavy atom. The molecule has 0 bridgehead atoms. The van der Waals surface area contributed by atoms with Crippen molar-refractivity contribution in [2.24, 2.45) is 7.05 Å². The second-order valence-electron chi connectivity index (χ2n) is 6.68. The van der Waals surface area contributed by atoms with Crippen LogP contribution in [0.1, 0.15) is 29.1 Å². The molecule has 0 amide bonds. The first-order valence-corrected chi connectivity index (χ1v) is 9.43. The van der Waals surface area contributed by atoms with Crippen LogP contribution in [0.3, 0.4) is 0 Å². The largest absolute Gasteiger partial charge is 0.373 e. The zero-order chi connectivity index (χ0) is 16.5. The van der Waals surface area contributed by atoms with Crippen molar-refractivity contribution in [1.82, 2.24) is 19.7 Å². The molecule has 6 nitrogen and oxygen atoms in total. The van der Waals surface area contributed by atoms with Crippen molar-refractivity contribution in [2.75, 3.05) is 13.2 Å². The van der Waals surface area contributed by atoms with Crippen molar-refractivity contribution < 1.29 is 9.47 Å². The van der Waals surface area contributed by atoms with E-state index in [1.807, 2.05) is 24.9 Å². The number of ether oxygens (including phenoxy) is 2. The summed E-state index contributed by atoms with van der Waals surface area (Å²) in [5.41, 5.74) is 2.30. The molecule has 0 aromatic carbocycles. The molecule has 1 aliphatic heterocycles. The zero-order valence-electron chi connectivity index (χ0n) is 14.2. The number of aryl methyl sites for hydroxylation is 2. The minimum absolute atomic E-state index is 0.175. The van der Waals surface area contributed by atoms with E-state index in [4.69, 9.17) is 9.47 Å². The maximum atomic E-state index is 6.15. The Balaban J connectivity index is 1.37. The number of nitrogens with zero attached hydrogens (tertiary/aromatic N) is 4. The van der Waals surface area contributed by atoms with Crippen molar-refractivity contribution in [3.8, 4) is 0 Å². The molecular weight excluding hydrogens is 324 g/mol. The highest BCUT2D eigenvalue weighted by Crippen LogP contribution is 2.33. The van der Waals surface area contributed by atoms with Gasteiger partial charge in [-0.2, -0.15) is 5.10 Å². The molecule has 7 heteroatoms. The summed E-state index contributed by atoms with van der Waals surface area (Å²) in [7, 11) is 1.96. The van der Waals surface area contributed by atoms with E-state index in [1.54, 1.807) is 11.3 Å². The molecule has 1 saturated heterocycles.